The molecule has 1 aliphatic heterocycles. The van der Waals surface area contributed by atoms with Crippen LogP contribution in [0.4, 0.5) is 5.69 Å². The van der Waals surface area contributed by atoms with Crippen LogP contribution in [-0.4, -0.2) is 12.8 Å². The maximum absolute atomic E-state index is 12.3. The molecule has 0 radical (unpaired) electrons. The summed E-state index contributed by atoms with van der Waals surface area (Å²) in [5.41, 5.74) is 4.86. The first-order chi connectivity index (χ1) is 9.65. The third kappa shape index (κ3) is 2.34. The zero-order valence-electron chi connectivity index (χ0n) is 11.6. The number of hydrogen-bond donors (Lipinski definition) is 1. The fourth-order valence-electron chi connectivity index (χ4n) is 2.51. The first-order valence-corrected chi connectivity index (χ1v) is 6.76. The summed E-state index contributed by atoms with van der Waals surface area (Å²) in [5.74, 6) is -0.0744. The van der Waals surface area contributed by atoms with E-state index < -0.39 is 0 Å². The van der Waals surface area contributed by atoms with Gasteiger partial charge in [-0.3, -0.25) is 4.79 Å². The van der Waals surface area contributed by atoms with Gasteiger partial charge in [-0.05, 0) is 41.7 Å². The van der Waals surface area contributed by atoms with E-state index in [9.17, 15) is 4.79 Å². The van der Waals surface area contributed by atoms with Crippen molar-refractivity contribution in [2.45, 2.75) is 20.4 Å². The molecule has 0 saturated carbocycles. The van der Waals surface area contributed by atoms with Gasteiger partial charge >= 0.3 is 6.92 Å². The topological polar surface area (TPSA) is 38.3 Å². The van der Waals surface area contributed by atoms with Crippen LogP contribution in [0.1, 0.15) is 21.5 Å². The lowest BCUT2D eigenvalue weighted by atomic mass is 9.64. The van der Waals surface area contributed by atoms with E-state index in [-0.39, 0.29) is 12.8 Å². The lowest BCUT2D eigenvalue weighted by molar-refractivity contribution is 0.102. The molecule has 0 fully saturated rings. The van der Waals surface area contributed by atoms with Crippen LogP contribution < -0.4 is 10.8 Å². The summed E-state index contributed by atoms with van der Waals surface area (Å²) in [5, 5.41) is 2.95. The van der Waals surface area contributed by atoms with Gasteiger partial charge in [0.15, 0.2) is 0 Å². The van der Waals surface area contributed by atoms with Crippen molar-refractivity contribution in [3.05, 3.63) is 59.2 Å². The predicted octanol–water partition coefficient (Wildman–Crippen LogP) is 2.61. The van der Waals surface area contributed by atoms with Crippen LogP contribution in [0.15, 0.2) is 42.5 Å². The molecule has 1 N–H and O–H groups in total. The Bertz CT molecular complexity index is 669. The van der Waals surface area contributed by atoms with E-state index in [0.717, 1.165) is 16.7 Å². The maximum Gasteiger partial charge on any atom is 0.324 e. The van der Waals surface area contributed by atoms with Gasteiger partial charge in [0.05, 0.1) is 6.61 Å². The number of amides is 1. The number of benzene rings is 2. The third-order valence-corrected chi connectivity index (χ3v) is 3.72. The highest BCUT2D eigenvalue weighted by molar-refractivity contribution is 6.67. The summed E-state index contributed by atoms with van der Waals surface area (Å²) in [4.78, 5) is 12.3. The normalized spacial score (nSPS) is 13.2. The quantitative estimate of drug-likeness (QED) is 0.847. The maximum atomic E-state index is 12.3. The van der Waals surface area contributed by atoms with Gasteiger partial charge in [0.25, 0.3) is 5.91 Å². The average Bonchev–Trinajstić information content (AvgIpc) is 2.81. The van der Waals surface area contributed by atoms with E-state index in [4.69, 9.17) is 4.65 Å². The second-order valence-corrected chi connectivity index (χ2v) is 5.14. The summed E-state index contributed by atoms with van der Waals surface area (Å²) >= 11 is 0. The lowest BCUT2D eigenvalue weighted by Gasteiger charge is -2.09. The molecule has 0 bridgehead atoms. The number of nitrogens with one attached hydrogen (secondary N) is 1. The summed E-state index contributed by atoms with van der Waals surface area (Å²) in [6.07, 6.45) is 0. The Labute approximate surface area is 119 Å². The van der Waals surface area contributed by atoms with Crippen molar-refractivity contribution in [2.24, 2.45) is 0 Å². The van der Waals surface area contributed by atoms with Gasteiger partial charge in [0.2, 0.25) is 0 Å². The molecule has 3 rings (SSSR count). The molecule has 0 aliphatic carbocycles. The van der Waals surface area contributed by atoms with Gasteiger partial charge in [0, 0.05) is 11.3 Å². The highest BCUT2D eigenvalue weighted by Gasteiger charge is 2.23. The number of rotatable bonds is 2. The molecule has 1 heterocycles. The second-order valence-electron chi connectivity index (χ2n) is 5.14. The van der Waals surface area contributed by atoms with Gasteiger partial charge in [-0.1, -0.05) is 31.1 Å². The van der Waals surface area contributed by atoms with Gasteiger partial charge in [-0.15, -0.1) is 0 Å². The van der Waals surface area contributed by atoms with Gasteiger partial charge in [-0.25, -0.2) is 0 Å². The summed E-state index contributed by atoms with van der Waals surface area (Å²) in [7, 11) is 0. The van der Waals surface area contributed by atoms with Crippen molar-refractivity contribution in [1.29, 1.82) is 0 Å². The first-order valence-electron chi connectivity index (χ1n) is 6.76. The number of hydrogen-bond acceptors (Lipinski definition) is 2. The average molecular weight is 265 g/mol. The Kier molecular flexibility index (Phi) is 3.32. The Hall–Kier alpha value is -2.07. The zero-order chi connectivity index (χ0) is 14.1. The Morgan fingerprint density at radius 2 is 2.05 bits per heavy atom. The van der Waals surface area contributed by atoms with Crippen molar-refractivity contribution >= 4 is 24.0 Å². The van der Waals surface area contributed by atoms with Crippen molar-refractivity contribution in [2.75, 3.05) is 5.32 Å². The van der Waals surface area contributed by atoms with Crippen molar-refractivity contribution in [3.8, 4) is 0 Å². The molecule has 0 aromatic heterocycles. The largest absolute Gasteiger partial charge is 0.427 e. The van der Waals surface area contributed by atoms with E-state index >= 15 is 0 Å². The van der Waals surface area contributed by atoms with Crippen LogP contribution in [0.3, 0.4) is 0 Å². The van der Waals surface area contributed by atoms with Gasteiger partial charge < -0.3 is 9.97 Å². The highest BCUT2D eigenvalue weighted by atomic mass is 16.4. The molecule has 3 nitrogen and oxygen atoms in total. The first kappa shape index (κ1) is 12.9. The van der Waals surface area contributed by atoms with Crippen molar-refractivity contribution in [3.63, 3.8) is 0 Å². The molecule has 20 heavy (non-hydrogen) atoms. The molecule has 0 spiro atoms. The van der Waals surface area contributed by atoms with Gasteiger partial charge in [-0.2, -0.15) is 0 Å². The van der Waals surface area contributed by atoms with Crippen LogP contribution >= 0.6 is 0 Å². The molecule has 1 amide bonds. The molecule has 0 saturated heterocycles. The number of carbonyl (C=O) groups is 1. The number of fused-ring (bicyclic) bond motifs is 1. The Balaban J connectivity index is 1.84. The van der Waals surface area contributed by atoms with Gasteiger partial charge in [0.1, 0.15) is 0 Å². The molecule has 0 atom stereocenters. The van der Waals surface area contributed by atoms with E-state index in [2.05, 4.69) is 5.32 Å². The van der Waals surface area contributed by atoms with E-state index in [1.165, 1.54) is 5.56 Å². The zero-order valence-corrected chi connectivity index (χ0v) is 11.6. The van der Waals surface area contributed by atoms with Crippen LogP contribution in [0, 0.1) is 6.92 Å². The van der Waals surface area contributed by atoms with Crippen LogP contribution in [-0.2, 0) is 11.3 Å². The highest BCUT2D eigenvalue weighted by Crippen LogP contribution is 2.17. The van der Waals surface area contributed by atoms with Crippen LogP contribution in [0.5, 0.6) is 0 Å². The van der Waals surface area contributed by atoms with E-state index in [1.54, 1.807) is 0 Å². The summed E-state index contributed by atoms with van der Waals surface area (Å²) in [6, 6.07) is 13.5. The molecule has 0 unspecified atom stereocenters. The number of anilines is 1. The predicted molar refractivity (Wildman–Crippen MR) is 81.6 cm³/mol. The minimum Gasteiger partial charge on any atom is -0.427 e. The SMILES string of the molecule is CB1OCc2ccc(NC(=O)c3ccccc3C)cc21. The fraction of sp³-hybridized carbons (Fsp3) is 0.188. The van der Waals surface area contributed by atoms with Crippen LogP contribution in [0.2, 0.25) is 6.82 Å². The second kappa shape index (κ2) is 5.14. The fourth-order valence-corrected chi connectivity index (χ4v) is 2.51. The molecule has 1 aliphatic rings. The summed E-state index contributed by atoms with van der Waals surface area (Å²) in [6.45, 7) is 4.72. The number of carbonyl (C=O) groups excluding carboxylic acids is 1. The molecule has 2 aromatic carbocycles. The monoisotopic (exact) mass is 265 g/mol. The van der Waals surface area contributed by atoms with Crippen LogP contribution in [0.25, 0.3) is 0 Å². The van der Waals surface area contributed by atoms with Crippen molar-refractivity contribution in [1.82, 2.24) is 0 Å². The molecular formula is C16H16BNO2. The Morgan fingerprint density at radius 1 is 1.25 bits per heavy atom. The molecule has 4 heteroatoms. The lowest BCUT2D eigenvalue weighted by Crippen LogP contribution is -2.25. The smallest absolute Gasteiger partial charge is 0.324 e. The third-order valence-electron chi connectivity index (χ3n) is 3.72. The minimum absolute atomic E-state index is 0.0744. The molecule has 2 aromatic rings. The number of aryl methyl sites for hydroxylation is 1. The van der Waals surface area contributed by atoms with E-state index in [1.807, 2.05) is 56.2 Å². The molecule has 100 valence electrons. The van der Waals surface area contributed by atoms with Crippen molar-refractivity contribution < 1.29 is 9.45 Å². The molecular weight excluding hydrogens is 249 g/mol. The Morgan fingerprint density at radius 3 is 2.85 bits per heavy atom. The standard InChI is InChI=1S/C16H16BNO2/c1-11-5-3-4-6-14(11)16(19)18-13-8-7-12-10-20-17(2)15(12)9-13/h3-9H,10H2,1-2H3,(H,18,19). The summed E-state index contributed by atoms with van der Waals surface area (Å²) < 4.78 is 5.57. The van der Waals surface area contributed by atoms with E-state index in [0.29, 0.717) is 12.2 Å². The minimum atomic E-state index is -0.0744.